The molecule has 0 aliphatic heterocycles. The quantitative estimate of drug-likeness (QED) is 0.280. The number of guanidine groups is 2. The van der Waals surface area contributed by atoms with Crippen molar-refractivity contribution in [3.8, 4) is 0 Å². The molecule has 8 heteroatoms. The molecule has 0 amide bonds. The number of nitrogens with one attached hydrogen (secondary N) is 4. The zero-order valence-corrected chi connectivity index (χ0v) is 8.89. The Morgan fingerprint density at radius 3 is 2.00 bits per heavy atom. The third kappa shape index (κ3) is 14.0. The van der Waals surface area contributed by atoms with E-state index in [0.717, 1.165) is 0 Å². The van der Waals surface area contributed by atoms with Crippen LogP contribution in [0.5, 0.6) is 0 Å². The summed E-state index contributed by atoms with van der Waals surface area (Å²) in [6.07, 6.45) is 0. The van der Waals surface area contributed by atoms with Gasteiger partial charge in [0.15, 0.2) is 11.9 Å². The molecule has 1 unspecified atom stereocenters. The van der Waals surface area contributed by atoms with Crippen LogP contribution < -0.4 is 22.1 Å². The van der Waals surface area contributed by atoms with Crippen molar-refractivity contribution in [3.05, 3.63) is 0 Å². The van der Waals surface area contributed by atoms with E-state index in [-0.39, 0.29) is 42.8 Å². The molecule has 0 fully saturated rings. The van der Waals surface area contributed by atoms with Gasteiger partial charge in [0.05, 0.1) is 0 Å². The first-order valence-electron chi connectivity index (χ1n) is 3.21. The lowest BCUT2D eigenvalue weighted by Crippen LogP contribution is -2.45. The van der Waals surface area contributed by atoms with Crippen LogP contribution in [0.3, 0.4) is 0 Å². The average Bonchev–Trinajstić information content (AvgIpc) is 1.82. The minimum absolute atomic E-state index is 0. The van der Waals surface area contributed by atoms with Crippen LogP contribution in [-0.4, -0.2) is 24.5 Å². The zero-order valence-electron chi connectivity index (χ0n) is 7.26. The Morgan fingerprint density at radius 2 is 1.69 bits per heavy atom. The number of hydrogen-bond donors (Lipinski definition) is 6. The van der Waals surface area contributed by atoms with Gasteiger partial charge in [0.1, 0.15) is 0 Å². The Morgan fingerprint density at radius 1 is 1.23 bits per heavy atom. The summed E-state index contributed by atoms with van der Waals surface area (Å²) in [5.41, 5.74) is 10.1. The third-order valence-corrected chi connectivity index (χ3v) is 1.00. The van der Waals surface area contributed by atoms with E-state index in [1.807, 2.05) is 6.92 Å². The maximum Gasteiger partial charge on any atom is 0.185 e. The fraction of sp³-hybridized carbons (Fsp3) is 0.600. The van der Waals surface area contributed by atoms with Gasteiger partial charge in [-0.3, -0.25) is 10.8 Å². The Kier molecular flexibility index (Phi) is 12.8. The zero-order chi connectivity index (χ0) is 8.85. The van der Waals surface area contributed by atoms with Gasteiger partial charge in [0, 0.05) is 12.6 Å². The average molecular weight is 231 g/mol. The summed E-state index contributed by atoms with van der Waals surface area (Å²) in [4.78, 5) is 0. The first kappa shape index (κ1) is 18.0. The number of nitrogens with two attached hydrogens (primary N) is 2. The van der Waals surface area contributed by atoms with Crippen molar-refractivity contribution < 1.29 is 0 Å². The van der Waals surface area contributed by atoms with Crippen LogP contribution in [0.4, 0.5) is 0 Å². The van der Waals surface area contributed by atoms with Gasteiger partial charge in [-0.1, -0.05) is 0 Å². The largest absolute Gasteiger partial charge is 0.370 e. The molecule has 0 aromatic heterocycles. The molecule has 0 aromatic carbocycles. The number of halogens is 2. The predicted molar refractivity (Wildman–Crippen MR) is 58.9 cm³/mol. The Balaban J connectivity index is -0.000000500. The topological polar surface area (TPSA) is 124 Å². The molecule has 0 aliphatic rings. The highest BCUT2D eigenvalue weighted by Crippen LogP contribution is 1.75. The summed E-state index contributed by atoms with van der Waals surface area (Å²) in [5.74, 6) is -0.162. The molecule has 0 rings (SSSR count). The second kappa shape index (κ2) is 9.21. The maximum absolute atomic E-state index is 6.86. The molecule has 0 radical (unpaired) electrons. The molecule has 1 atom stereocenters. The van der Waals surface area contributed by atoms with Crippen LogP contribution in [0, 0.1) is 10.8 Å². The Hall–Kier alpha value is -0.880. The maximum atomic E-state index is 6.86. The predicted octanol–water partition coefficient (Wildman–Crippen LogP) is -0.815. The van der Waals surface area contributed by atoms with E-state index >= 15 is 0 Å². The summed E-state index contributed by atoms with van der Waals surface area (Å²) in [6, 6.07) is -0.00333. The van der Waals surface area contributed by atoms with Crippen molar-refractivity contribution in [2.75, 3.05) is 6.54 Å². The van der Waals surface area contributed by atoms with Crippen molar-refractivity contribution in [3.63, 3.8) is 0 Å². The summed E-state index contributed by atoms with van der Waals surface area (Å²) in [7, 11) is 0. The van der Waals surface area contributed by atoms with Crippen molar-refractivity contribution in [1.82, 2.24) is 10.6 Å². The molecular formula is C5H16Cl2N6. The first-order chi connectivity index (χ1) is 5.02. The molecule has 8 N–H and O–H groups in total. The Bertz CT molecular complexity index is 161. The van der Waals surface area contributed by atoms with Crippen molar-refractivity contribution in [2.24, 2.45) is 11.5 Å². The fourth-order valence-electron chi connectivity index (χ4n) is 0.580. The highest BCUT2D eigenvalue weighted by Gasteiger charge is 2.00. The van der Waals surface area contributed by atoms with E-state index in [1.54, 1.807) is 0 Å². The number of rotatable bonds is 3. The van der Waals surface area contributed by atoms with Crippen LogP contribution in [0.25, 0.3) is 0 Å². The lowest BCUT2D eigenvalue weighted by atomic mass is 10.3. The van der Waals surface area contributed by atoms with Crippen molar-refractivity contribution in [1.29, 1.82) is 10.8 Å². The van der Waals surface area contributed by atoms with Crippen LogP contribution in [-0.2, 0) is 0 Å². The van der Waals surface area contributed by atoms with E-state index in [9.17, 15) is 0 Å². The minimum atomic E-state index is -0.0813. The van der Waals surface area contributed by atoms with E-state index in [1.165, 1.54) is 0 Å². The van der Waals surface area contributed by atoms with Gasteiger partial charge in [-0.2, -0.15) is 0 Å². The Labute approximate surface area is 89.7 Å². The summed E-state index contributed by atoms with van der Waals surface area (Å²) in [5, 5.41) is 18.9. The standard InChI is InChI=1S/C5H14N6.2ClH/c1-3(11-5(8)9)2-10-4(6)7;;/h3H,2H2,1H3,(H4,6,7,10)(H4,8,9,11);2*1H. The molecule has 0 saturated heterocycles. The van der Waals surface area contributed by atoms with Gasteiger partial charge >= 0.3 is 0 Å². The van der Waals surface area contributed by atoms with Gasteiger partial charge in [0.25, 0.3) is 0 Å². The molecule has 80 valence electrons. The van der Waals surface area contributed by atoms with E-state index in [0.29, 0.717) is 6.54 Å². The number of hydrogen-bond acceptors (Lipinski definition) is 2. The van der Waals surface area contributed by atoms with Gasteiger partial charge in [0.2, 0.25) is 0 Å². The summed E-state index contributed by atoms with van der Waals surface area (Å²) >= 11 is 0. The fourth-order valence-corrected chi connectivity index (χ4v) is 0.580. The second-order valence-electron chi connectivity index (χ2n) is 2.25. The van der Waals surface area contributed by atoms with Crippen LogP contribution in [0.2, 0.25) is 0 Å². The second-order valence-corrected chi connectivity index (χ2v) is 2.25. The van der Waals surface area contributed by atoms with Crippen molar-refractivity contribution in [2.45, 2.75) is 13.0 Å². The van der Waals surface area contributed by atoms with Gasteiger partial charge in [-0.05, 0) is 6.92 Å². The molecule has 0 saturated carbocycles. The smallest absolute Gasteiger partial charge is 0.185 e. The van der Waals surface area contributed by atoms with Crippen LogP contribution >= 0.6 is 24.8 Å². The molecule has 6 nitrogen and oxygen atoms in total. The molecule has 0 bridgehead atoms. The molecule has 0 spiro atoms. The summed E-state index contributed by atoms with van der Waals surface area (Å²) < 4.78 is 0. The van der Waals surface area contributed by atoms with Crippen molar-refractivity contribution >= 4 is 36.7 Å². The van der Waals surface area contributed by atoms with E-state index in [2.05, 4.69) is 10.6 Å². The molecule has 0 aliphatic carbocycles. The molecule has 0 aromatic rings. The first-order valence-corrected chi connectivity index (χ1v) is 3.21. The van der Waals surface area contributed by atoms with Crippen LogP contribution in [0.1, 0.15) is 6.92 Å². The normalized spacial score (nSPS) is 9.92. The highest BCUT2D eigenvalue weighted by atomic mass is 35.5. The molecule has 0 heterocycles. The van der Waals surface area contributed by atoms with Crippen LogP contribution in [0.15, 0.2) is 0 Å². The minimum Gasteiger partial charge on any atom is -0.370 e. The molecule has 13 heavy (non-hydrogen) atoms. The highest BCUT2D eigenvalue weighted by molar-refractivity contribution is 5.85. The van der Waals surface area contributed by atoms with E-state index in [4.69, 9.17) is 22.3 Å². The monoisotopic (exact) mass is 230 g/mol. The lowest BCUT2D eigenvalue weighted by molar-refractivity contribution is 0.632. The van der Waals surface area contributed by atoms with Gasteiger partial charge in [-0.15, -0.1) is 24.8 Å². The van der Waals surface area contributed by atoms with Gasteiger partial charge in [-0.25, -0.2) is 0 Å². The van der Waals surface area contributed by atoms with E-state index < -0.39 is 0 Å². The third-order valence-electron chi connectivity index (χ3n) is 1.00. The SMILES string of the molecule is CC(CNC(=N)N)NC(=N)N.Cl.Cl. The lowest BCUT2D eigenvalue weighted by Gasteiger charge is -2.13. The van der Waals surface area contributed by atoms with Gasteiger partial charge < -0.3 is 22.1 Å². The molecular weight excluding hydrogens is 215 g/mol. The summed E-state index contributed by atoms with van der Waals surface area (Å²) in [6.45, 7) is 2.31.